The molecular formula is C21H21N3. The Labute approximate surface area is 143 Å². The molecule has 0 bridgehead atoms. The van der Waals surface area contributed by atoms with E-state index in [-0.39, 0.29) is 0 Å². The highest BCUT2D eigenvalue weighted by Gasteiger charge is 2.24. The zero-order valence-electron chi connectivity index (χ0n) is 14.0. The van der Waals surface area contributed by atoms with Gasteiger partial charge in [-0.15, -0.1) is 0 Å². The molecule has 1 aliphatic heterocycles. The number of hydrogen-bond acceptors (Lipinski definition) is 3. The summed E-state index contributed by atoms with van der Waals surface area (Å²) in [5.41, 5.74) is 8.55. The molecule has 2 aromatic rings. The highest BCUT2D eigenvalue weighted by Crippen LogP contribution is 2.37. The van der Waals surface area contributed by atoms with Crippen molar-refractivity contribution in [2.45, 2.75) is 25.7 Å². The molecule has 0 unspecified atom stereocenters. The number of nitrogens with zero attached hydrogens (tertiary/aromatic N) is 3. The number of likely N-dealkylation sites (tertiary alicyclic amines) is 1. The molecule has 0 radical (unpaired) electrons. The molecule has 0 amide bonds. The Morgan fingerprint density at radius 3 is 2.62 bits per heavy atom. The fourth-order valence-electron chi connectivity index (χ4n) is 3.86. The number of hydrogen-bond donors (Lipinski definition) is 0. The van der Waals surface area contributed by atoms with Crippen molar-refractivity contribution in [2.24, 2.45) is 0 Å². The monoisotopic (exact) mass is 315 g/mol. The summed E-state index contributed by atoms with van der Waals surface area (Å²) >= 11 is 0. The van der Waals surface area contributed by atoms with Crippen LogP contribution in [0.4, 0.5) is 0 Å². The molecule has 4 rings (SSSR count). The van der Waals surface area contributed by atoms with Crippen LogP contribution in [0.2, 0.25) is 0 Å². The van der Waals surface area contributed by atoms with Crippen molar-refractivity contribution in [1.82, 2.24) is 9.88 Å². The lowest BCUT2D eigenvalue weighted by molar-refractivity contribution is 0.313. The molecule has 24 heavy (non-hydrogen) atoms. The molecule has 2 heterocycles. The van der Waals surface area contributed by atoms with Gasteiger partial charge in [0.25, 0.3) is 0 Å². The molecule has 1 aromatic heterocycles. The van der Waals surface area contributed by atoms with Gasteiger partial charge in [0.1, 0.15) is 0 Å². The first-order valence-corrected chi connectivity index (χ1v) is 8.64. The van der Waals surface area contributed by atoms with Crippen molar-refractivity contribution in [1.29, 1.82) is 5.26 Å². The van der Waals surface area contributed by atoms with Crippen molar-refractivity contribution >= 4 is 5.57 Å². The molecule has 0 spiro atoms. The third kappa shape index (κ3) is 2.64. The van der Waals surface area contributed by atoms with Gasteiger partial charge >= 0.3 is 0 Å². The molecular weight excluding hydrogens is 294 g/mol. The van der Waals surface area contributed by atoms with E-state index in [2.05, 4.69) is 36.2 Å². The predicted molar refractivity (Wildman–Crippen MR) is 95.6 cm³/mol. The Hall–Kier alpha value is -2.44. The predicted octanol–water partition coefficient (Wildman–Crippen LogP) is 3.58. The molecule has 1 fully saturated rings. The Morgan fingerprint density at radius 1 is 1.04 bits per heavy atom. The van der Waals surface area contributed by atoms with Crippen molar-refractivity contribution in [3.8, 4) is 6.07 Å². The van der Waals surface area contributed by atoms with Crippen molar-refractivity contribution in [3.63, 3.8) is 0 Å². The maximum atomic E-state index is 9.35. The van der Waals surface area contributed by atoms with Gasteiger partial charge in [-0.2, -0.15) is 5.26 Å². The summed E-state index contributed by atoms with van der Waals surface area (Å²) in [5.74, 6) is 0. The maximum absolute atomic E-state index is 9.35. The van der Waals surface area contributed by atoms with Crippen LogP contribution < -0.4 is 0 Å². The molecule has 3 heteroatoms. The van der Waals surface area contributed by atoms with Gasteiger partial charge in [-0.25, -0.2) is 0 Å². The number of nitriles is 1. The quantitative estimate of drug-likeness (QED) is 0.746. The van der Waals surface area contributed by atoms with Crippen molar-refractivity contribution in [3.05, 3.63) is 70.0 Å². The van der Waals surface area contributed by atoms with Gasteiger partial charge in [-0.3, -0.25) is 4.98 Å². The highest BCUT2D eigenvalue weighted by atomic mass is 15.1. The summed E-state index contributed by atoms with van der Waals surface area (Å²) < 4.78 is 0. The Morgan fingerprint density at radius 2 is 1.83 bits per heavy atom. The SMILES string of the molecule is CN1CCC(=C2c3cc(C#N)ccc3CCc3cccnc32)CC1. The number of benzene rings is 1. The van der Waals surface area contributed by atoms with Gasteiger partial charge in [0.15, 0.2) is 0 Å². The second-order valence-electron chi connectivity index (χ2n) is 6.78. The fourth-order valence-corrected chi connectivity index (χ4v) is 3.86. The van der Waals surface area contributed by atoms with Crippen molar-refractivity contribution < 1.29 is 0 Å². The normalized spacial score (nSPS) is 17.7. The number of pyridine rings is 1. The lowest BCUT2D eigenvalue weighted by Crippen LogP contribution is -2.27. The largest absolute Gasteiger partial charge is 0.306 e. The van der Waals surface area contributed by atoms with Crippen molar-refractivity contribution in [2.75, 3.05) is 20.1 Å². The lowest BCUT2D eigenvalue weighted by atomic mass is 9.88. The van der Waals surface area contributed by atoms with Gasteiger partial charge in [-0.1, -0.05) is 17.7 Å². The van der Waals surface area contributed by atoms with Crippen LogP contribution in [0.3, 0.4) is 0 Å². The topological polar surface area (TPSA) is 39.9 Å². The zero-order chi connectivity index (χ0) is 16.5. The first-order valence-electron chi connectivity index (χ1n) is 8.64. The first kappa shape index (κ1) is 15.1. The summed E-state index contributed by atoms with van der Waals surface area (Å²) in [6.45, 7) is 2.18. The second kappa shape index (κ2) is 6.22. The van der Waals surface area contributed by atoms with Gasteiger partial charge in [-0.05, 0) is 67.6 Å². The molecule has 1 aliphatic carbocycles. The summed E-state index contributed by atoms with van der Waals surface area (Å²) in [5, 5.41) is 9.35. The third-order valence-corrected chi connectivity index (χ3v) is 5.24. The smallest absolute Gasteiger partial charge is 0.0991 e. The van der Waals surface area contributed by atoms with Crippen LogP contribution in [0.5, 0.6) is 0 Å². The van der Waals surface area contributed by atoms with E-state index in [1.165, 1.54) is 27.8 Å². The first-order chi connectivity index (χ1) is 11.8. The molecule has 120 valence electrons. The Balaban J connectivity index is 1.96. The average molecular weight is 315 g/mol. The van der Waals surface area contributed by atoms with E-state index in [0.717, 1.165) is 50.0 Å². The lowest BCUT2D eigenvalue weighted by Gasteiger charge is -2.27. The molecule has 0 atom stereocenters. The minimum atomic E-state index is 0.735. The van der Waals surface area contributed by atoms with E-state index in [9.17, 15) is 5.26 Å². The van der Waals surface area contributed by atoms with E-state index >= 15 is 0 Å². The maximum Gasteiger partial charge on any atom is 0.0991 e. The summed E-state index contributed by atoms with van der Waals surface area (Å²) in [7, 11) is 2.18. The van der Waals surface area contributed by atoms with Gasteiger partial charge in [0, 0.05) is 24.9 Å². The number of piperidine rings is 1. The van der Waals surface area contributed by atoms with E-state index in [0.29, 0.717) is 0 Å². The van der Waals surface area contributed by atoms with E-state index < -0.39 is 0 Å². The summed E-state index contributed by atoms with van der Waals surface area (Å²) in [4.78, 5) is 7.14. The third-order valence-electron chi connectivity index (χ3n) is 5.24. The molecule has 3 nitrogen and oxygen atoms in total. The van der Waals surface area contributed by atoms with Gasteiger partial charge in [0.2, 0.25) is 0 Å². The highest BCUT2D eigenvalue weighted by molar-refractivity contribution is 5.85. The van der Waals surface area contributed by atoms with Gasteiger partial charge in [0.05, 0.1) is 17.3 Å². The molecule has 1 aromatic carbocycles. The Kier molecular flexibility index (Phi) is 3.92. The van der Waals surface area contributed by atoms with Crippen LogP contribution in [-0.2, 0) is 12.8 Å². The number of fused-ring (bicyclic) bond motifs is 2. The molecule has 2 aliphatic rings. The van der Waals surface area contributed by atoms with E-state index in [1.807, 2.05) is 18.3 Å². The van der Waals surface area contributed by atoms with Crippen LogP contribution >= 0.6 is 0 Å². The van der Waals surface area contributed by atoms with Gasteiger partial charge < -0.3 is 4.90 Å². The fraction of sp³-hybridized carbons (Fsp3) is 0.333. The van der Waals surface area contributed by atoms with Crippen LogP contribution in [-0.4, -0.2) is 30.0 Å². The number of rotatable bonds is 0. The zero-order valence-corrected chi connectivity index (χ0v) is 14.0. The van der Waals surface area contributed by atoms with Crippen LogP contribution in [0.25, 0.3) is 5.57 Å². The minimum absolute atomic E-state index is 0.735. The average Bonchev–Trinajstić information content (AvgIpc) is 2.79. The van der Waals surface area contributed by atoms with E-state index in [4.69, 9.17) is 4.98 Å². The number of aromatic nitrogens is 1. The second-order valence-corrected chi connectivity index (χ2v) is 6.78. The van der Waals surface area contributed by atoms with Crippen LogP contribution in [0, 0.1) is 11.3 Å². The summed E-state index contributed by atoms with van der Waals surface area (Å²) in [6.07, 6.45) is 6.08. The van der Waals surface area contributed by atoms with Crippen LogP contribution in [0.15, 0.2) is 42.1 Å². The molecule has 0 saturated carbocycles. The van der Waals surface area contributed by atoms with Crippen LogP contribution in [0.1, 0.15) is 40.8 Å². The summed E-state index contributed by atoms with van der Waals surface area (Å²) in [6, 6.07) is 12.7. The van der Waals surface area contributed by atoms with E-state index in [1.54, 1.807) is 0 Å². The minimum Gasteiger partial charge on any atom is -0.306 e. The number of aryl methyl sites for hydroxylation is 2. The molecule has 0 N–H and O–H groups in total. The standard InChI is InChI=1S/C21H21N3/c1-24-11-8-17(9-12-24)20-19-13-15(14-22)4-5-16(19)6-7-18-3-2-10-23-21(18)20/h2-5,10,13H,6-9,11-12H2,1H3. The molecule has 1 saturated heterocycles. The Bertz CT molecular complexity index is 848.